The van der Waals surface area contributed by atoms with Crippen LogP contribution in [0.5, 0.6) is 0 Å². The van der Waals surface area contributed by atoms with Crippen LogP contribution < -0.4 is 0 Å². The van der Waals surface area contributed by atoms with E-state index in [1.807, 2.05) is 13.0 Å². The summed E-state index contributed by atoms with van der Waals surface area (Å²) in [5.41, 5.74) is 6.38. The Morgan fingerprint density at radius 1 is 1.12 bits per heavy atom. The van der Waals surface area contributed by atoms with Gasteiger partial charge < -0.3 is 8.82 Å². The first kappa shape index (κ1) is 16.9. The molecule has 26 heavy (non-hydrogen) atoms. The van der Waals surface area contributed by atoms with Crippen molar-refractivity contribution in [3.63, 3.8) is 0 Å². The van der Waals surface area contributed by atoms with Gasteiger partial charge in [-0.25, -0.2) is 4.98 Å². The van der Waals surface area contributed by atoms with Gasteiger partial charge in [-0.05, 0) is 30.4 Å². The molecule has 1 radical (unpaired) electrons. The number of rotatable bonds is 1. The molecule has 3 aromatic heterocycles. The number of aryl methyl sites for hydroxylation is 3. The average Bonchev–Trinajstić information content (AvgIpc) is 3.24. The summed E-state index contributed by atoms with van der Waals surface area (Å²) in [7, 11) is 0. The summed E-state index contributed by atoms with van der Waals surface area (Å²) in [6, 6.07) is 11.8. The molecule has 0 spiro atoms. The molecular weight excluding hydrogens is 502 g/mol. The van der Waals surface area contributed by atoms with E-state index in [4.69, 9.17) is 9.40 Å². The minimum Gasteiger partial charge on any atom is -0.446 e. The van der Waals surface area contributed by atoms with E-state index < -0.39 is 0 Å². The van der Waals surface area contributed by atoms with Crippen LogP contribution in [0.25, 0.3) is 38.8 Å². The SMILES string of the molecule is Cc1cn2c(n1)c1[c-]cc(C)c(-c3ncco3)c1c1cccc(C)c12.[Ir]. The summed E-state index contributed by atoms with van der Waals surface area (Å²) in [5, 5.41) is 3.25. The van der Waals surface area contributed by atoms with Crippen LogP contribution in [-0.2, 0) is 20.1 Å². The molecule has 0 atom stereocenters. The van der Waals surface area contributed by atoms with Gasteiger partial charge in [-0.2, -0.15) is 0 Å². The maximum Gasteiger partial charge on any atom is 0.208 e. The molecule has 0 N–H and O–H groups in total. The van der Waals surface area contributed by atoms with Crippen LogP contribution in [0, 0.1) is 26.8 Å². The van der Waals surface area contributed by atoms with Gasteiger partial charge in [-0.1, -0.05) is 35.9 Å². The van der Waals surface area contributed by atoms with Crippen LogP contribution in [0.2, 0.25) is 0 Å². The number of imidazole rings is 1. The van der Waals surface area contributed by atoms with E-state index in [9.17, 15) is 0 Å². The molecular formula is C21H16IrN3O-. The second-order valence-electron chi connectivity index (χ2n) is 6.48. The number of hydrogen-bond donors (Lipinski definition) is 0. The predicted octanol–water partition coefficient (Wildman–Crippen LogP) is 5.02. The predicted molar refractivity (Wildman–Crippen MR) is 98.7 cm³/mol. The molecule has 0 aliphatic carbocycles. The van der Waals surface area contributed by atoms with Crippen molar-refractivity contribution >= 4 is 27.3 Å². The molecule has 0 fully saturated rings. The molecule has 4 nitrogen and oxygen atoms in total. The first-order valence-corrected chi connectivity index (χ1v) is 8.27. The third-order valence-electron chi connectivity index (χ3n) is 4.77. The molecule has 0 bridgehead atoms. The first-order chi connectivity index (χ1) is 12.1. The van der Waals surface area contributed by atoms with E-state index in [0.29, 0.717) is 5.89 Å². The first-order valence-electron chi connectivity index (χ1n) is 8.27. The van der Waals surface area contributed by atoms with E-state index >= 15 is 0 Å². The van der Waals surface area contributed by atoms with E-state index in [1.165, 1.54) is 5.56 Å². The maximum absolute atomic E-state index is 5.65. The second kappa shape index (κ2) is 6.04. The third-order valence-corrected chi connectivity index (χ3v) is 4.77. The third kappa shape index (κ3) is 2.24. The van der Waals surface area contributed by atoms with Crippen molar-refractivity contribution in [3.8, 4) is 11.5 Å². The maximum atomic E-state index is 5.65. The zero-order chi connectivity index (χ0) is 17.1. The normalized spacial score (nSPS) is 11.3. The Kier molecular flexibility index (Phi) is 3.94. The van der Waals surface area contributed by atoms with Crippen LogP contribution in [0.1, 0.15) is 16.8 Å². The summed E-state index contributed by atoms with van der Waals surface area (Å²) in [4.78, 5) is 9.17. The fourth-order valence-electron chi connectivity index (χ4n) is 3.74. The molecule has 5 aromatic rings. The molecule has 5 rings (SSSR count). The molecule has 0 saturated heterocycles. The number of para-hydroxylation sites is 1. The number of pyridine rings is 1. The van der Waals surface area contributed by atoms with Crippen LogP contribution in [0.3, 0.4) is 0 Å². The molecule has 3 heterocycles. The van der Waals surface area contributed by atoms with Gasteiger partial charge in [0.25, 0.3) is 0 Å². The topological polar surface area (TPSA) is 43.3 Å². The summed E-state index contributed by atoms with van der Waals surface area (Å²) in [6.45, 7) is 6.22. The van der Waals surface area contributed by atoms with Crippen molar-refractivity contribution in [2.24, 2.45) is 0 Å². The Bertz CT molecular complexity index is 1270. The summed E-state index contributed by atoms with van der Waals surface area (Å²) in [6.07, 6.45) is 5.38. The molecule has 0 amide bonds. The molecule has 2 aromatic carbocycles. The fourth-order valence-corrected chi connectivity index (χ4v) is 3.74. The zero-order valence-corrected chi connectivity index (χ0v) is 17.0. The van der Waals surface area contributed by atoms with Gasteiger partial charge >= 0.3 is 0 Å². The quantitative estimate of drug-likeness (QED) is 0.231. The molecule has 0 aliphatic heterocycles. The smallest absolute Gasteiger partial charge is 0.208 e. The van der Waals surface area contributed by atoms with Gasteiger partial charge in [0.1, 0.15) is 6.26 Å². The van der Waals surface area contributed by atoms with E-state index in [1.54, 1.807) is 12.5 Å². The van der Waals surface area contributed by atoms with Crippen LogP contribution in [-0.4, -0.2) is 14.4 Å². The molecule has 0 aliphatic rings. The monoisotopic (exact) mass is 519 g/mol. The largest absolute Gasteiger partial charge is 0.446 e. The van der Waals surface area contributed by atoms with Crippen molar-refractivity contribution in [2.45, 2.75) is 20.8 Å². The Hall–Kier alpha value is -2.49. The summed E-state index contributed by atoms with van der Waals surface area (Å²) >= 11 is 0. The van der Waals surface area contributed by atoms with Gasteiger partial charge in [0.15, 0.2) is 0 Å². The van der Waals surface area contributed by atoms with E-state index in [-0.39, 0.29) is 20.1 Å². The van der Waals surface area contributed by atoms with Crippen molar-refractivity contribution in [3.05, 3.63) is 65.8 Å². The van der Waals surface area contributed by atoms with Crippen LogP contribution >= 0.6 is 0 Å². The standard InChI is InChI=1S/C21H16N3O.Ir/c1-12-7-8-16-18(17(12)21-22-9-10-25-21)15-6-4-5-13(2)19(15)24-11-14(3)23-20(16)24;/h4-7,9-11H,1-3H3;/q-1;. The Labute approximate surface area is 164 Å². The zero-order valence-electron chi connectivity index (χ0n) is 14.6. The minimum atomic E-state index is 0. The van der Waals surface area contributed by atoms with E-state index in [0.717, 1.165) is 44.1 Å². The average molecular weight is 519 g/mol. The van der Waals surface area contributed by atoms with E-state index in [2.05, 4.69) is 53.7 Å². The van der Waals surface area contributed by atoms with Gasteiger partial charge in [0, 0.05) is 37.5 Å². The molecule has 131 valence electrons. The minimum absolute atomic E-state index is 0. The van der Waals surface area contributed by atoms with Crippen LogP contribution in [0.4, 0.5) is 0 Å². The number of oxazole rings is 1. The Morgan fingerprint density at radius 2 is 1.96 bits per heavy atom. The van der Waals surface area contributed by atoms with Gasteiger partial charge in [-0.3, -0.25) is 4.98 Å². The Morgan fingerprint density at radius 3 is 2.73 bits per heavy atom. The van der Waals surface area contributed by atoms with Gasteiger partial charge in [0.05, 0.1) is 11.8 Å². The van der Waals surface area contributed by atoms with Gasteiger partial charge in [-0.15, -0.1) is 17.7 Å². The number of aromatic nitrogens is 3. The second-order valence-corrected chi connectivity index (χ2v) is 6.48. The number of hydrogen-bond acceptors (Lipinski definition) is 3. The molecule has 0 unspecified atom stereocenters. The molecule has 0 saturated carbocycles. The van der Waals surface area contributed by atoms with Gasteiger partial charge in [0.2, 0.25) is 5.89 Å². The fraction of sp³-hybridized carbons (Fsp3) is 0.143. The van der Waals surface area contributed by atoms with Crippen LogP contribution in [0.15, 0.2) is 47.3 Å². The number of benzene rings is 2. The molecule has 5 heteroatoms. The summed E-state index contributed by atoms with van der Waals surface area (Å²) in [5.74, 6) is 0.631. The van der Waals surface area contributed by atoms with Crippen molar-refractivity contribution < 1.29 is 24.5 Å². The number of fused-ring (bicyclic) bond motifs is 6. The van der Waals surface area contributed by atoms with Crippen molar-refractivity contribution in [2.75, 3.05) is 0 Å². The summed E-state index contributed by atoms with van der Waals surface area (Å²) < 4.78 is 7.83. The van der Waals surface area contributed by atoms with Crippen molar-refractivity contribution in [1.82, 2.24) is 14.4 Å². The Balaban J connectivity index is 0.00000168. The number of nitrogens with zero attached hydrogens (tertiary/aromatic N) is 3. The van der Waals surface area contributed by atoms with Crippen molar-refractivity contribution in [1.29, 1.82) is 0 Å².